The van der Waals surface area contributed by atoms with Crippen molar-refractivity contribution in [3.05, 3.63) is 68.3 Å². The highest BCUT2D eigenvalue weighted by Gasteiger charge is 2.14. The molecule has 0 saturated carbocycles. The first kappa shape index (κ1) is 17.5. The van der Waals surface area contributed by atoms with E-state index in [-0.39, 0.29) is 11.4 Å². The third-order valence-electron chi connectivity index (χ3n) is 3.19. The van der Waals surface area contributed by atoms with Crippen LogP contribution in [0.3, 0.4) is 0 Å². The van der Waals surface area contributed by atoms with Crippen LogP contribution in [0.4, 0.5) is 27.5 Å². The lowest BCUT2D eigenvalue weighted by atomic mass is 10.2. The molecule has 4 N–H and O–H groups in total. The van der Waals surface area contributed by atoms with Gasteiger partial charge in [-0.1, -0.05) is 0 Å². The maximum absolute atomic E-state index is 11.6. The number of urea groups is 1. The predicted octanol–water partition coefficient (Wildman–Crippen LogP) is 2.55. The van der Waals surface area contributed by atoms with Crippen molar-refractivity contribution in [1.29, 1.82) is 0 Å². The number of anilines is 2. The molecular weight excluding hydrogens is 332 g/mol. The Kier molecular flexibility index (Phi) is 4.98. The molecular formula is C14H14N6O5. The monoisotopic (exact) mass is 346 g/mol. The first-order valence-electron chi connectivity index (χ1n) is 6.90. The molecule has 0 aliphatic rings. The molecule has 2 aromatic rings. The minimum atomic E-state index is -0.879. The quantitative estimate of drug-likeness (QED) is 0.535. The van der Waals surface area contributed by atoms with Crippen LogP contribution < -0.4 is 16.6 Å². The summed E-state index contributed by atoms with van der Waals surface area (Å²) in [7, 11) is 0. The SMILES string of the molecule is Cc1cc([N+](=O)[O-])ccc1NN(Nc1ccc([N+](=O)[O-])cc1)C(N)=O. The van der Waals surface area contributed by atoms with Gasteiger partial charge in [0.05, 0.1) is 21.2 Å². The zero-order chi connectivity index (χ0) is 18.6. The fraction of sp³-hybridized carbons (Fsp3) is 0.0714. The molecule has 11 heteroatoms. The summed E-state index contributed by atoms with van der Waals surface area (Å²) in [6.45, 7) is 1.63. The standard InChI is InChI=1S/C14H14N6O5/c1-9-8-12(20(24)25)6-7-13(9)17-18(14(15)21)16-10-2-4-11(5-3-10)19(22)23/h2-8,16-17H,1H3,(H2,15,21). The normalized spacial score (nSPS) is 9.96. The number of amides is 2. The molecule has 0 fully saturated rings. The molecule has 2 rings (SSSR count). The lowest BCUT2D eigenvalue weighted by Crippen LogP contribution is -2.44. The first-order valence-corrected chi connectivity index (χ1v) is 6.90. The summed E-state index contributed by atoms with van der Waals surface area (Å²) in [4.78, 5) is 31.9. The second-order valence-corrected chi connectivity index (χ2v) is 4.96. The molecule has 0 saturated heterocycles. The Balaban J connectivity index is 2.17. The predicted molar refractivity (Wildman–Crippen MR) is 89.6 cm³/mol. The third-order valence-corrected chi connectivity index (χ3v) is 3.19. The van der Waals surface area contributed by atoms with Crippen molar-refractivity contribution in [3.8, 4) is 0 Å². The van der Waals surface area contributed by atoms with Crippen LogP contribution in [0.2, 0.25) is 0 Å². The van der Waals surface area contributed by atoms with Gasteiger partial charge in [-0.05, 0) is 30.7 Å². The molecule has 2 aromatic carbocycles. The highest BCUT2D eigenvalue weighted by molar-refractivity contribution is 5.76. The van der Waals surface area contributed by atoms with E-state index in [9.17, 15) is 25.0 Å². The Morgan fingerprint density at radius 1 is 1.00 bits per heavy atom. The van der Waals surface area contributed by atoms with Gasteiger partial charge in [-0.25, -0.2) is 4.79 Å². The number of benzene rings is 2. The molecule has 0 heterocycles. The van der Waals surface area contributed by atoms with E-state index < -0.39 is 15.9 Å². The molecule has 0 aliphatic carbocycles. The molecule has 25 heavy (non-hydrogen) atoms. The molecule has 0 spiro atoms. The van der Waals surface area contributed by atoms with Crippen LogP contribution in [0.25, 0.3) is 0 Å². The van der Waals surface area contributed by atoms with Gasteiger partial charge in [-0.3, -0.25) is 31.1 Å². The van der Waals surface area contributed by atoms with E-state index in [2.05, 4.69) is 10.9 Å². The lowest BCUT2D eigenvalue weighted by molar-refractivity contribution is -0.385. The van der Waals surface area contributed by atoms with Crippen LogP contribution in [0, 0.1) is 27.2 Å². The Bertz CT molecular complexity index is 823. The molecule has 0 aromatic heterocycles. The Morgan fingerprint density at radius 2 is 1.56 bits per heavy atom. The number of non-ortho nitro benzene ring substituents is 2. The van der Waals surface area contributed by atoms with E-state index in [1.807, 2.05) is 0 Å². The Morgan fingerprint density at radius 3 is 2.04 bits per heavy atom. The summed E-state index contributed by atoms with van der Waals surface area (Å²) in [5.74, 6) is 0. The first-order chi connectivity index (χ1) is 11.8. The largest absolute Gasteiger partial charge is 0.353 e. The van der Waals surface area contributed by atoms with Crippen LogP contribution >= 0.6 is 0 Å². The molecule has 2 amide bonds. The number of carbonyl (C=O) groups is 1. The summed E-state index contributed by atoms with van der Waals surface area (Å²) in [6, 6.07) is 8.50. The maximum atomic E-state index is 11.6. The number of carbonyl (C=O) groups excluding carboxylic acids is 1. The Hall–Kier alpha value is -3.89. The summed E-state index contributed by atoms with van der Waals surface area (Å²) in [5.41, 5.74) is 11.7. The lowest BCUT2D eigenvalue weighted by Gasteiger charge is -2.24. The van der Waals surface area contributed by atoms with E-state index in [1.165, 1.54) is 42.5 Å². The number of nitro groups is 2. The maximum Gasteiger partial charge on any atom is 0.353 e. The van der Waals surface area contributed by atoms with Gasteiger partial charge in [0, 0.05) is 24.3 Å². The summed E-state index contributed by atoms with van der Waals surface area (Å²) >= 11 is 0. The van der Waals surface area contributed by atoms with Gasteiger partial charge >= 0.3 is 6.03 Å². The van der Waals surface area contributed by atoms with Gasteiger partial charge in [0.15, 0.2) is 0 Å². The highest BCUT2D eigenvalue weighted by Crippen LogP contribution is 2.22. The summed E-state index contributed by atoms with van der Waals surface area (Å²) < 4.78 is 0. The van der Waals surface area contributed by atoms with E-state index in [4.69, 9.17) is 5.73 Å². The van der Waals surface area contributed by atoms with Gasteiger partial charge < -0.3 is 5.73 Å². The second-order valence-electron chi connectivity index (χ2n) is 4.96. The van der Waals surface area contributed by atoms with Crippen molar-refractivity contribution >= 4 is 28.8 Å². The molecule has 0 bridgehead atoms. The molecule has 11 nitrogen and oxygen atoms in total. The van der Waals surface area contributed by atoms with Gasteiger partial charge in [0.1, 0.15) is 0 Å². The zero-order valence-electron chi connectivity index (χ0n) is 13.0. The van der Waals surface area contributed by atoms with Crippen molar-refractivity contribution in [3.63, 3.8) is 0 Å². The number of nitrogens with zero attached hydrogens (tertiary/aromatic N) is 3. The number of hydrogen-bond donors (Lipinski definition) is 3. The third kappa shape index (κ3) is 4.31. The van der Waals surface area contributed by atoms with Gasteiger partial charge in [0.2, 0.25) is 0 Å². The number of nitrogens with one attached hydrogen (secondary N) is 2. The fourth-order valence-corrected chi connectivity index (χ4v) is 1.93. The number of aryl methyl sites for hydroxylation is 1. The fourth-order valence-electron chi connectivity index (χ4n) is 1.93. The number of hydrazine groups is 2. The second kappa shape index (κ2) is 7.12. The van der Waals surface area contributed by atoms with Gasteiger partial charge in [-0.2, -0.15) is 0 Å². The zero-order valence-corrected chi connectivity index (χ0v) is 13.0. The minimum Gasteiger partial charge on any atom is -0.349 e. The molecule has 0 radical (unpaired) electrons. The molecule has 130 valence electrons. The molecule has 0 aliphatic heterocycles. The Labute approximate surface area is 141 Å². The number of primary amides is 1. The van der Waals surface area contributed by atoms with Crippen molar-refractivity contribution in [2.75, 3.05) is 10.9 Å². The van der Waals surface area contributed by atoms with Gasteiger partial charge in [0.25, 0.3) is 11.4 Å². The summed E-state index contributed by atoms with van der Waals surface area (Å²) in [6.07, 6.45) is 0. The van der Waals surface area contributed by atoms with Crippen LogP contribution in [-0.4, -0.2) is 21.0 Å². The van der Waals surface area contributed by atoms with E-state index in [1.54, 1.807) is 6.92 Å². The number of nitro benzene ring substituents is 2. The van der Waals surface area contributed by atoms with Crippen LogP contribution in [-0.2, 0) is 0 Å². The summed E-state index contributed by atoms with van der Waals surface area (Å²) in [5, 5.41) is 22.2. The topological polar surface area (TPSA) is 157 Å². The van der Waals surface area contributed by atoms with E-state index >= 15 is 0 Å². The number of hydrogen-bond acceptors (Lipinski definition) is 7. The molecule has 0 atom stereocenters. The van der Waals surface area contributed by atoms with Crippen LogP contribution in [0.1, 0.15) is 5.56 Å². The van der Waals surface area contributed by atoms with Gasteiger partial charge in [-0.15, -0.1) is 5.12 Å². The number of rotatable bonds is 6. The average molecular weight is 346 g/mol. The molecule has 0 unspecified atom stereocenters. The smallest absolute Gasteiger partial charge is 0.349 e. The highest BCUT2D eigenvalue weighted by atomic mass is 16.6. The number of nitrogens with two attached hydrogens (primary N) is 1. The van der Waals surface area contributed by atoms with Crippen molar-refractivity contribution in [1.82, 2.24) is 5.12 Å². The van der Waals surface area contributed by atoms with E-state index in [0.717, 1.165) is 5.12 Å². The van der Waals surface area contributed by atoms with E-state index in [0.29, 0.717) is 16.9 Å². The van der Waals surface area contributed by atoms with Crippen molar-refractivity contribution < 1.29 is 14.6 Å². The minimum absolute atomic E-state index is 0.0861. The van der Waals surface area contributed by atoms with Crippen LogP contribution in [0.5, 0.6) is 0 Å². The van der Waals surface area contributed by atoms with Crippen molar-refractivity contribution in [2.24, 2.45) is 5.73 Å². The van der Waals surface area contributed by atoms with Crippen molar-refractivity contribution in [2.45, 2.75) is 6.92 Å². The average Bonchev–Trinajstić information content (AvgIpc) is 2.56. The van der Waals surface area contributed by atoms with Crippen LogP contribution in [0.15, 0.2) is 42.5 Å².